The van der Waals surface area contributed by atoms with Crippen LogP contribution in [0.15, 0.2) is 12.2 Å². The van der Waals surface area contributed by atoms with Crippen LogP contribution >= 0.6 is 0 Å². The first-order valence-electron chi connectivity index (χ1n) is 9.77. The number of unbranched alkanes of at least 4 members (excludes halogenated alkanes) is 10. The van der Waals surface area contributed by atoms with E-state index in [0.29, 0.717) is 6.42 Å². The first kappa shape index (κ1) is 22.2. The summed E-state index contributed by atoms with van der Waals surface area (Å²) in [4.78, 5) is 11.2. The minimum absolute atomic E-state index is 0.0526. The molecule has 1 unspecified atom stereocenters. The van der Waals surface area contributed by atoms with Gasteiger partial charge in [-0.25, -0.2) is 0 Å². The Kier molecular flexibility index (Phi) is 16.9. The highest BCUT2D eigenvalue weighted by Crippen LogP contribution is 2.14. The second-order valence-electron chi connectivity index (χ2n) is 6.63. The number of aliphatic hydroxyl groups is 1. The van der Waals surface area contributed by atoms with Crippen LogP contribution in [-0.4, -0.2) is 17.6 Å². The number of aliphatic hydroxyl groups excluding tert-OH is 1. The van der Waals surface area contributed by atoms with Gasteiger partial charge in [0.1, 0.15) is 0 Å². The van der Waals surface area contributed by atoms with E-state index >= 15 is 0 Å². The van der Waals surface area contributed by atoms with Gasteiger partial charge in [0.15, 0.2) is 0 Å². The van der Waals surface area contributed by atoms with E-state index in [-0.39, 0.29) is 18.4 Å². The van der Waals surface area contributed by atoms with Gasteiger partial charge in [-0.1, -0.05) is 70.4 Å². The van der Waals surface area contributed by atoms with Crippen molar-refractivity contribution in [3.8, 4) is 0 Å². The van der Waals surface area contributed by atoms with Crippen LogP contribution in [0.5, 0.6) is 0 Å². The number of allylic oxidation sites excluding steroid dienone is 2. The maximum atomic E-state index is 11.2. The predicted octanol–water partition coefficient (Wildman–Crippen LogP) is 5.12. The quantitative estimate of drug-likeness (QED) is 0.288. The van der Waals surface area contributed by atoms with Crippen molar-refractivity contribution < 1.29 is 9.90 Å². The number of hydrogen-bond donors (Lipinski definition) is 2. The zero-order valence-corrected chi connectivity index (χ0v) is 15.3. The van der Waals surface area contributed by atoms with E-state index in [1.807, 2.05) is 0 Å². The molecule has 0 aliphatic heterocycles. The molecule has 0 aliphatic rings. The number of primary amides is 1. The van der Waals surface area contributed by atoms with E-state index in [9.17, 15) is 4.79 Å². The molecule has 0 aromatic carbocycles. The van der Waals surface area contributed by atoms with E-state index in [4.69, 9.17) is 10.8 Å². The molecule has 23 heavy (non-hydrogen) atoms. The zero-order chi connectivity index (χ0) is 17.2. The van der Waals surface area contributed by atoms with Crippen LogP contribution in [0, 0.1) is 5.92 Å². The molecule has 3 N–H and O–H groups in total. The van der Waals surface area contributed by atoms with Gasteiger partial charge in [0.2, 0.25) is 5.91 Å². The lowest BCUT2D eigenvalue weighted by molar-refractivity contribution is -0.122. The van der Waals surface area contributed by atoms with Gasteiger partial charge in [0.25, 0.3) is 0 Å². The van der Waals surface area contributed by atoms with Crippen LogP contribution in [0.3, 0.4) is 0 Å². The fourth-order valence-corrected chi connectivity index (χ4v) is 2.87. The Morgan fingerprint density at radius 3 is 1.91 bits per heavy atom. The standard InChI is InChI=1S/C20H39NO2/c1-2-3-4-5-6-7-8-9-10-11-12-13-14-15-16-19(17-18-22)20(21)23/h9-10,19,22H,2-8,11-18H2,1H3,(H2,21,23)/b10-9-. The van der Waals surface area contributed by atoms with E-state index < -0.39 is 0 Å². The smallest absolute Gasteiger partial charge is 0.220 e. The molecular weight excluding hydrogens is 286 g/mol. The minimum Gasteiger partial charge on any atom is -0.396 e. The molecule has 0 aromatic heterocycles. The van der Waals surface area contributed by atoms with Crippen molar-refractivity contribution in [3.05, 3.63) is 12.2 Å². The average Bonchev–Trinajstić information content (AvgIpc) is 2.54. The Labute approximate surface area is 143 Å². The molecular formula is C20H39NO2. The van der Waals surface area contributed by atoms with Crippen molar-refractivity contribution in [2.24, 2.45) is 11.7 Å². The molecule has 0 spiro atoms. The highest BCUT2D eigenvalue weighted by atomic mass is 16.3. The van der Waals surface area contributed by atoms with Crippen molar-refractivity contribution in [2.75, 3.05) is 6.61 Å². The molecule has 136 valence electrons. The fourth-order valence-electron chi connectivity index (χ4n) is 2.87. The zero-order valence-electron chi connectivity index (χ0n) is 15.3. The molecule has 0 fully saturated rings. The fraction of sp³-hybridized carbons (Fsp3) is 0.850. The highest BCUT2D eigenvalue weighted by Gasteiger charge is 2.13. The molecule has 0 rings (SSSR count). The molecule has 0 saturated heterocycles. The van der Waals surface area contributed by atoms with Crippen molar-refractivity contribution >= 4 is 5.91 Å². The number of amides is 1. The van der Waals surface area contributed by atoms with Gasteiger partial charge in [-0.15, -0.1) is 0 Å². The summed E-state index contributed by atoms with van der Waals surface area (Å²) in [6.07, 6.45) is 21.2. The van der Waals surface area contributed by atoms with Crippen LogP contribution in [-0.2, 0) is 4.79 Å². The second kappa shape index (κ2) is 17.5. The predicted molar refractivity (Wildman–Crippen MR) is 99.2 cm³/mol. The summed E-state index contributed by atoms with van der Waals surface area (Å²) < 4.78 is 0. The second-order valence-corrected chi connectivity index (χ2v) is 6.63. The highest BCUT2D eigenvalue weighted by molar-refractivity contribution is 5.76. The van der Waals surface area contributed by atoms with Crippen molar-refractivity contribution in [1.29, 1.82) is 0 Å². The largest absolute Gasteiger partial charge is 0.396 e. The van der Waals surface area contributed by atoms with Crippen molar-refractivity contribution in [2.45, 2.75) is 96.8 Å². The van der Waals surface area contributed by atoms with Crippen molar-refractivity contribution in [3.63, 3.8) is 0 Å². The van der Waals surface area contributed by atoms with Crippen LogP contribution in [0.1, 0.15) is 96.8 Å². The summed E-state index contributed by atoms with van der Waals surface area (Å²) in [6.45, 7) is 2.31. The summed E-state index contributed by atoms with van der Waals surface area (Å²) >= 11 is 0. The number of carbonyl (C=O) groups excluding carboxylic acids is 1. The number of carbonyl (C=O) groups is 1. The minimum atomic E-state index is -0.267. The Balaban J connectivity index is 3.32. The van der Waals surface area contributed by atoms with Crippen LogP contribution in [0.25, 0.3) is 0 Å². The van der Waals surface area contributed by atoms with Gasteiger partial charge >= 0.3 is 0 Å². The summed E-state index contributed by atoms with van der Waals surface area (Å²) in [5.74, 6) is -0.408. The summed E-state index contributed by atoms with van der Waals surface area (Å²) in [7, 11) is 0. The third kappa shape index (κ3) is 15.8. The summed E-state index contributed by atoms with van der Waals surface area (Å²) in [5.41, 5.74) is 5.32. The third-order valence-corrected chi connectivity index (χ3v) is 4.44. The van der Waals surface area contributed by atoms with Crippen LogP contribution in [0.2, 0.25) is 0 Å². The lowest BCUT2D eigenvalue weighted by Gasteiger charge is -2.10. The van der Waals surface area contributed by atoms with Crippen LogP contribution < -0.4 is 5.73 Å². The number of hydrogen-bond acceptors (Lipinski definition) is 2. The third-order valence-electron chi connectivity index (χ3n) is 4.44. The molecule has 0 radical (unpaired) electrons. The van der Waals surface area contributed by atoms with Gasteiger partial charge in [-0.3, -0.25) is 4.79 Å². The van der Waals surface area contributed by atoms with E-state index in [1.165, 1.54) is 64.2 Å². The first-order valence-corrected chi connectivity index (χ1v) is 9.77. The maximum absolute atomic E-state index is 11.2. The van der Waals surface area contributed by atoms with E-state index in [0.717, 1.165) is 19.3 Å². The molecule has 0 aromatic rings. The van der Waals surface area contributed by atoms with Gasteiger partial charge < -0.3 is 10.8 Å². The maximum Gasteiger partial charge on any atom is 0.220 e. The monoisotopic (exact) mass is 325 g/mol. The lowest BCUT2D eigenvalue weighted by Crippen LogP contribution is -2.24. The van der Waals surface area contributed by atoms with Gasteiger partial charge in [-0.2, -0.15) is 0 Å². The van der Waals surface area contributed by atoms with E-state index in [2.05, 4.69) is 19.1 Å². The molecule has 3 heteroatoms. The SMILES string of the molecule is CCCCCCCC/C=C\CCCCCCC(CCO)C(N)=O. The van der Waals surface area contributed by atoms with Crippen molar-refractivity contribution in [1.82, 2.24) is 0 Å². The molecule has 1 atom stereocenters. The Hall–Kier alpha value is -0.830. The Morgan fingerprint density at radius 1 is 0.870 bits per heavy atom. The lowest BCUT2D eigenvalue weighted by atomic mass is 9.97. The van der Waals surface area contributed by atoms with Gasteiger partial charge in [0, 0.05) is 12.5 Å². The Morgan fingerprint density at radius 2 is 1.39 bits per heavy atom. The molecule has 0 aliphatic carbocycles. The molecule has 0 bridgehead atoms. The topological polar surface area (TPSA) is 63.3 Å². The summed E-state index contributed by atoms with van der Waals surface area (Å²) in [6, 6.07) is 0. The molecule has 0 heterocycles. The normalized spacial score (nSPS) is 12.8. The molecule has 0 saturated carbocycles. The number of nitrogens with two attached hydrogens (primary N) is 1. The first-order chi connectivity index (χ1) is 11.2. The van der Waals surface area contributed by atoms with E-state index in [1.54, 1.807) is 0 Å². The summed E-state index contributed by atoms with van der Waals surface area (Å²) in [5, 5.41) is 8.89. The number of rotatable bonds is 17. The van der Waals surface area contributed by atoms with Gasteiger partial charge in [-0.05, 0) is 38.5 Å². The van der Waals surface area contributed by atoms with Crippen LogP contribution in [0.4, 0.5) is 0 Å². The van der Waals surface area contributed by atoms with Gasteiger partial charge in [0.05, 0.1) is 0 Å². The average molecular weight is 326 g/mol. The molecule has 3 nitrogen and oxygen atoms in total. The Bertz CT molecular complexity index is 289. The molecule has 1 amide bonds.